The molecule has 4 nitrogen and oxygen atoms in total. The molecule has 2 heterocycles. The van der Waals surface area contributed by atoms with Crippen LogP contribution < -0.4 is 0 Å². The summed E-state index contributed by atoms with van der Waals surface area (Å²) in [7, 11) is 3.40. The van der Waals surface area contributed by atoms with Crippen molar-refractivity contribution in [3.05, 3.63) is 36.1 Å². The summed E-state index contributed by atoms with van der Waals surface area (Å²) < 4.78 is 22.2. The van der Waals surface area contributed by atoms with Crippen LogP contribution in [0.2, 0.25) is 0 Å². The molecule has 1 aliphatic rings. The van der Waals surface area contributed by atoms with E-state index < -0.39 is 0 Å². The third-order valence-corrected chi connectivity index (χ3v) is 3.66. The quantitative estimate of drug-likeness (QED) is 0.830. The summed E-state index contributed by atoms with van der Waals surface area (Å²) in [6.45, 7) is 1.83. The SMILES string of the molecule is COCC1(COC)COC1c1cc2ccccc2o1. The normalized spacial score (nSPS) is 21.5. The van der Waals surface area contributed by atoms with Crippen LogP contribution in [0.3, 0.4) is 0 Å². The molecule has 0 N–H and O–H groups in total. The third kappa shape index (κ3) is 2.06. The maximum atomic E-state index is 5.88. The standard InChI is InChI=1S/C15H18O4/c1-16-8-15(9-17-2)10-18-14(15)13-7-11-5-3-4-6-12(11)19-13/h3-7,14H,8-10H2,1-2H3. The lowest BCUT2D eigenvalue weighted by Gasteiger charge is -2.47. The number of para-hydroxylation sites is 1. The first-order chi connectivity index (χ1) is 9.29. The molecule has 3 rings (SSSR count). The van der Waals surface area contributed by atoms with E-state index in [1.165, 1.54) is 0 Å². The first kappa shape index (κ1) is 12.7. The first-order valence-electron chi connectivity index (χ1n) is 6.37. The second-order valence-corrected chi connectivity index (χ2v) is 5.11. The molecule has 1 saturated heterocycles. The highest BCUT2D eigenvalue weighted by Crippen LogP contribution is 2.48. The highest BCUT2D eigenvalue weighted by Gasteiger charge is 2.51. The summed E-state index contributed by atoms with van der Waals surface area (Å²) in [6, 6.07) is 10.0. The summed E-state index contributed by atoms with van der Waals surface area (Å²) in [6.07, 6.45) is -0.0974. The highest BCUT2D eigenvalue weighted by atomic mass is 16.5. The van der Waals surface area contributed by atoms with Gasteiger partial charge in [-0.2, -0.15) is 0 Å². The molecular formula is C15H18O4. The predicted octanol–water partition coefficient (Wildman–Crippen LogP) is 2.78. The Balaban J connectivity index is 1.92. The summed E-state index contributed by atoms with van der Waals surface area (Å²) >= 11 is 0. The molecule has 102 valence electrons. The van der Waals surface area contributed by atoms with Crippen LogP contribution in [0.1, 0.15) is 11.9 Å². The maximum absolute atomic E-state index is 5.88. The maximum Gasteiger partial charge on any atom is 0.134 e. The molecule has 0 bridgehead atoms. The Bertz CT molecular complexity index is 521. The molecule has 2 aromatic rings. The van der Waals surface area contributed by atoms with Gasteiger partial charge in [0.25, 0.3) is 0 Å². The van der Waals surface area contributed by atoms with Crippen molar-refractivity contribution in [3.63, 3.8) is 0 Å². The Hall–Kier alpha value is -1.36. The minimum Gasteiger partial charge on any atom is -0.458 e. The summed E-state index contributed by atoms with van der Waals surface area (Å²) in [5.74, 6) is 0.849. The monoisotopic (exact) mass is 262 g/mol. The van der Waals surface area contributed by atoms with Gasteiger partial charge in [0.1, 0.15) is 17.4 Å². The minimum atomic E-state index is -0.141. The van der Waals surface area contributed by atoms with E-state index in [1.807, 2.05) is 30.3 Å². The number of hydrogen-bond acceptors (Lipinski definition) is 4. The smallest absolute Gasteiger partial charge is 0.134 e. The van der Waals surface area contributed by atoms with E-state index in [2.05, 4.69) is 0 Å². The van der Waals surface area contributed by atoms with Crippen LogP contribution in [-0.4, -0.2) is 34.0 Å². The zero-order valence-corrected chi connectivity index (χ0v) is 11.2. The zero-order valence-electron chi connectivity index (χ0n) is 11.2. The van der Waals surface area contributed by atoms with Crippen molar-refractivity contribution < 1.29 is 18.6 Å². The Labute approximate surface area is 112 Å². The lowest BCUT2D eigenvalue weighted by atomic mass is 9.78. The fourth-order valence-corrected chi connectivity index (χ4v) is 2.77. The lowest BCUT2D eigenvalue weighted by molar-refractivity contribution is -0.237. The van der Waals surface area contributed by atoms with Crippen LogP contribution in [0, 0.1) is 5.41 Å². The van der Waals surface area contributed by atoms with Gasteiger partial charge in [-0.3, -0.25) is 0 Å². The number of methoxy groups -OCH3 is 2. The fourth-order valence-electron chi connectivity index (χ4n) is 2.77. The molecule has 4 heteroatoms. The van der Waals surface area contributed by atoms with Crippen LogP contribution in [0.25, 0.3) is 11.0 Å². The van der Waals surface area contributed by atoms with Gasteiger partial charge in [-0.1, -0.05) is 18.2 Å². The van der Waals surface area contributed by atoms with Crippen molar-refractivity contribution in [2.45, 2.75) is 6.10 Å². The van der Waals surface area contributed by atoms with Crippen LogP contribution in [-0.2, 0) is 14.2 Å². The summed E-state index contributed by atoms with van der Waals surface area (Å²) in [5.41, 5.74) is 0.744. The number of furan rings is 1. The molecule has 0 radical (unpaired) electrons. The number of rotatable bonds is 5. The number of fused-ring (bicyclic) bond motifs is 1. The predicted molar refractivity (Wildman–Crippen MR) is 71.1 cm³/mol. The Morgan fingerprint density at radius 3 is 2.53 bits per heavy atom. The zero-order chi connectivity index (χ0) is 13.3. The average Bonchev–Trinajstić information content (AvgIpc) is 2.79. The van der Waals surface area contributed by atoms with Crippen molar-refractivity contribution >= 4 is 11.0 Å². The van der Waals surface area contributed by atoms with Crippen molar-refractivity contribution in [3.8, 4) is 0 Å². The molecule has 1 aromatic heterocycles. The second-order valence-electron chi connectivity index (χ2n) is 5.11. The van der Waals surface area contributed by atoms with E-state index in [0.717, 1.165) is 16.7 Å². The van der Waals surface area contributed by atoms with Gasteiger partial charge in [-0.05, 0) is 12.1 Å². The molecule has 1 aromatic carbocycles. The molecule has 0 spiro atoms. The molecule has 0 amide bonds. The lowest BCUT2D eigenvalue weighted by Crippen LogP contribution is -2.51. The van der Waals surface area contributed by atoms with Gasteiger partial charge in [0, 0.05) is 19.6 Å². The van der Waals surface area contributed by atoms with E-state index in [9.17, 15) is 0 Å². The van der Waals surface area contributed by atoms with Crippen LogP contribution >= 0.6 is 0 Å². The van der Waals surface area contributed by atoms with Gasteiger partial charge in [-0.15, -0.1) is 0 Å². The summed E-state index contributed by atoms with van der Waals surface area (Å²) in [5, 5.41) is 1.09. The van der Waals surface area contributed by atoms with Gasteiger partial charge in [-0.25, -0.2) is 0 Å². The molecule has 1 unspecified atom stereocenters. The highest BCUT2D eigenvalue weighted by molar-refractivity contribution is 5.77. The molecule has 0 aliphatic carbocycles. The van der Waals surface area contributed by atoms with Gasteiger partial charge in [0.2, 0.25) is 0 Å². The molecule has 1 aliphatic heterocycles. The van der Waals surface area contributed by atoms with E-state index in [-0.39, 0.29) is 11.5 Å². The Morgan fingerprint density at radius 2 is 1.95 bits per heavy atom. The van der Waals surface area contributed by atoms with Crippen molar-refractivity contribution in [2.75, 3.05) is 34.0 Å². The topological polar surface area (TPSA) is 40.8 Å². The number of hydrogen-bond donors (Lipinski definition) is 0. The van der Waals surface area contributed by atoms with Gasteiger partial charge in [0.05, 0.1) is 25.2 Å². The van der Waals surface area contributed by atoms with Gasteiger partial charge >= 0.3 is 0 Å². The van der Waals surface area contributed by atoms with E-state index in [0.29, 0.717) is 19.8 Å². The number of ether oxygens (including phenoxy) is 3. The Morgan fingerprint density at radius 1 is 1.21 bits per heavy atom. The van der Waals surface area contributed by atoms with E-state index in [4.69, 9.17) is 18.6 Å². The average molecular weight is 262 g/mol. The van der Waals surface area contributed by atoms with Crippen molar-refractivity contribution in [1.29, 1.82) is 0 Å². The van der Waals surface area contributed by atoms with Gasteiger partial charge in [0.15, 0.2) is 0 Å². The van der Waals surface area contributed by atoms with Crippen LogP contribution in [0.15, 0.2) is 34.7 Å². The molecule has 1 atom stereocenters. The Kier molecular flexibility index (Phi) is 3.31. The molecule has 0 saturated carbocycles. The van der Waals surface area contributed by atoms with Crippen LogP contribution in [0.5, 0.6) is 0 Å². The largest absolute Gasteiger partial charge is 0.458 e. The van der Waals surface area contributed by atoms with Crippen molar-refractivity contribution in [1.82, 2.24) is 0 Å². The minimum absolute atomic E-state index is 0.0974. The van der Waals surface area contributed by atoms with E-state index in [1.54, 1.807) is 14.2 Å². The molecule has 1 fully saturated rings. The molecular weight excluding hydrogens is 244 g/mol. The fraction of sp³-hybridized carbons (Fsp3) is 0.467. The van der Waals surface area contributed by atoms with Gasteiger partial charge < -0.3 is 18.6 Å². The van der Waals surface area contributed by atoms with Crippen molar-refractivity contribution in [2.24, 2.45) is 5.41 Å². The first-order valence-corrected chi connectivity index (χ1v) is 6.37. The summed E-state index contributed by atoms with van der Waals surface area (Å²) in [4.78, 5) is 0. The van der Waals surface area contributed by atoms with Crippen LogP contribution in [0.4, 0.5) is 0 Å². The number of benzene rings is 1. The molecule has 19 heavy (non-hydrogen) atoms. The van der Waals surface area contributed by atoms with E-state index >= 15 is 0 Å². The third-order valence-electron chi connectivity index (χ3n) is 3.66. The second kappa shape index (κ2) is 4.96.